The van der Waals surface area contributed by atoms with Gasteiger partial charge in [-0.1, -0.05) is 42.5 Å². The van der Waals surface area contributed by atoms with E-state index in [-0.39, 0.29) is 17.8 Å². The van der Waals surface area contributed by atoms with Crippen LogP contribution < -0.4 is 10.1 Å². The van der Waals surface area contributed by atoms with Crippen molar-refractivity contribution in [2.45, 2.75) is 12.6 Å². The molecule has 5 rings (SSSR count). The van der Waals surface area contributed by atoms with Gasteiger partial charge in [-0.05, 0) is 47.5 Å². The van der Waals surface area contributed by atoms with Gasteiger partial charge >= 0.3 is 6.03 Å². The Hall–Kier alpha value is -4.13. The zero-order valence-electron chi connectivity index (χ0n) is 18.0. The van der Waals surface area contributed by atoms with Gasteiger partial charge in [0, 0.05) is 13.6 Å². The minimum atomic E-state index is -0.589. The number of ether oxygens (including phenoxy) is 1. The fourth-order valence-corrected chi connectivity index (χ4v) is 4.19. The number of hydrogen-bond acceptors (Lipinski definition) is 3. The molecule has 1 N–H and O–H groups in total. The van der Waals surface area contributed by atoms with Crippen molar-refractivity contribution in [3.63, 3.8) is 0 Å². The van der Waals surface area contributed by atoms with Gasteiger partial charge in [-0.25, -0.2) is 9.18 Å². The van der Waals surface area contributed by atoms with E-state index in [1.165, 1.54) is 17.0 Å². The third-order valence-corrected chi connectivity index (χ3v) is 5.89. The second kappa shape index (κ2) is 8.43. The number of carbonyl (C=O) groups is 2. The summed E-state index contributed by atoms with van der Waals surface area (Å²) in [7, 11) is 1.66. The lowest BCUT2D eigenvalue weighted by Crippen LogP contribution is -2.45. The predicted molar refractivity (Wildman–Crippen MR) is 121 cm³/mol. The maximum absolute atomic E-state index is 13.4. The molecular formula is C26H22FN3O3. The third kappa shape index (κ3) is 4.05. The van der Waals surface area contributed by atoms with Crippen LogP contribution in [0.15, 0.2) is 90.1 Å². The molecule has 2 aliphatic rings. The van der Waals surface area contributed by atoms with Crippen molar-refractivity contribution in [3.8, 4) is 11.5 Å². The van der Waals surface area contributed by atoms with E-state index >= 15 is 0 Å². The fraction of sp³-hybridized carbons (Fsp3) is 0.154. The van der Waals surface area contributed by atoms with Crippen LogP contribution in [0.2, 0.25) is 0 Å². The Kier molecular flexibility index (Phi) is 5.30. The van der Waals surface area contributed by atoms with Gasteiger partial charge in [0.25, 0.3) is 5.91 Å². The molecule has 6 nitrogen and oxygen atoms in total. The van der Waals surface area contributed by atoms with Crippen LogP contribution in [0, 0.1) is 5.82 Å². The van der Waals surface area contributed by atoms with E-state index in [0.717, 1.165) is 11.1 Å². The molecule has 0 aromatic heterocycles. The summed E-state index contributed by atoms with van der Waals surface area (Å²) >= 11 is 0. The third-order valence-electron chi connectivity index (χ3n) is 5.89. The quantitative estimate of drug-likeness (QED) is 0.627. The van der Waals surface area contributed by atoms with E-state index < -0.39 is 6.04 Å². The first-order valence-electron chi connectivity index (χ1n) is 10.6. The Labute approximate surface area is 190 Å². The Bertz CT molecular complexity index is 1240. The molecule has 0 saturated heterocycles. The van der Waals surface area contributed by atoms with Crippen molar-refractivity contribution in [2.75, 3.05) is 13.6 Å². The first-order chi connectivity index (χ1) is 16.0. The maximum atomic E-state index is 13.4. The number of hydrogen-bond donors (Lipinski definition) is 1. The minimum Gasteiger partial charge on any atom is -0.457 e. The van der Waals surface area contributed by atoms with Crippen molar-refractivity contribution in [3.05, 3.63) is 107 Å². The average Bonchev–Trinajstić information content (AvgIpc) is 3.15. The number of likely N-dealkylation sites (N-methyl/N-ethyl adjacent to an activating group) is 1. The molecule has 0 unspecified atom stereocenters. The van der Waals surface area contributed by atoms with Crippen LogP contribution >= 0.6 is 0 Å². The number of carbonyl (C=O) groups excluding carboxylic acids is 2. The number of para-hydroxylation sites is 1. The number of nitrogens with one attached hydrogen (secondary N) is 1. The highest BCUT2D eigenvalue weighted by atomic mass is 19.1. The highest BCUT2D eigenvalue weighted by Crippen LogP contribution is 2.37. The molecule has 3 aromatic carbocycles. The number of benzene rings is 3. The molecule has 0 spiro atoms. The van der Waals surface area contributed by atoms with Gasteiger partial charge in [0.2, 0.25) is 0 Å². The van der Waals surface area contributed by atoms with Gasteiger partial charge in [0.1, 0.15) is 17.3 Å². The topological polar surface area (TPSA) is 61.9 Å². The van der Waals surface area contributed by atoms with Gasteiger partial charge in [0.15, 0.2) is 0 Å². The molecule has 0 bridgehead atoms. The standard InChI is InChI=1S/C26H22FN3O3/c1-29-22-16-30(15-17-10-12-19(27)13-11-17)25(31)23(22)24(28-26(29)32)18-6-5-9-21(14-18)33-20-7-3-2-4-8-20/h2-14,24H,15-16H2,1H3,(H,28,32)/t24-/m1/s1. The number of halogens is 1. The van der Waals surface area contributed by atoms with Crippen LogP contribution in [-0.2, 0) is 11.3 Å². The number of urea groups is 1. The van der Waals surface area contributed by atoms with Crippen LogP contribution in [0.5, 0.6) is 11.5 Å². The lowest BCUT2D eigenvalue weighted by molar-refractivity contribution is -0.126. The number of rotatable bonds is 5. The fourth-order valence-electron chi connectivity index (χ4n) is 4.19. The zero-order chi connectivity index (χ0) is 22.9. The lowest BCUT2D eigenvalue weighted by Gasteiger charge is -2.31. The van der Waals surface area contributed by atoms with E-state index in [0.29, 0.717) is 35.9 Å². The summed E-state index contributed by atoms with van der Waals surface area (Å²) < 4.78 is 19.2. The normalized spacial score (nSPS) is 17.8. The lowest BCUT2D eigenvalue weighted by atomic mass is 9.95. The van der Waals surface area contributed by atoms with Gasteiger partial charge in [-0.2, -0.15) is 0 Å². The van der Waals surface area contributed by atoms with Crippen LogP contribution in [0.1, 0.15) is 17.2 Å². The summed E-state index contributed by atoms with van der Waals surface area (Å²) in [6.07, 6.45) is 0. The van der Waals surface area contributed by atoms with E-state index in [1.54, 1.807) is 24.1 Å². The van der Waals surface area contributed by atoms with Crippen molar-refractivity contribution < 1.29 is 18.7 Å². The summed E-state index contributed by atoms with van der Waals surface area (Å²) in [6, 6.07) is 22.0. The first kappa shape index (κ1) is 20.8. The summed E-state index contributed by atoms with van der Waals surface area (Å²) in [5, 5.41) is 2.94. The van der Waals surface area contributed by atoms with E-state index in [1.807, 2.05) is 54.6 Å². The SMILES string of the molecule is CN1C(=O)N[C@H](c2cccc(Oc3ccccc3)c2)C2=C1CN(Cc1ccc(F)cc1)C2=O. The summed E-state index contributed by atoms with van der Waals surface area (Å²) in [5.41, 5.74) is 2.79. The van der Waals surface area contributed by atoms with Gasteiger partial charge in [-0.15, -0.1) is 0 Å². The van der Waals surface area contributed by atoms with Crippen molar-refractivity contribution in [1.82, 2.24) is 15.1 Å². The van der Waals surface area contributed by atoms with Gasteiger partial charge in [-0.3, -0.25) is 9.69 Å². The Morgan fingerprint density at radius 2 is 1.70 bits per heavy atom. The molecule has 1 atom stereocenters. The monoisotopic (exact) mass is 443 g/mol. The first-order valence-corrected chi connectivity index (χ1v) is 10.6. The smallest absolute Gasteiger partial charge is 0.322 e. The van der Waals surface area contributed by atoms with Crippen molar-refractivity contribution >= 4 is 11.9 Å². The Balaban J connectivity index is 1.43. The molecule has 0 saturated carbocycles. The molecular weight excluding hydrogens is 421 g/mol. The molecule has 2 heterocycles. The molecule has 0 aliphatic carbocycles. The summed E-state index contributed by atoms with van der Waals surface area (Å²) in [6.45, 7) is 0.643. The highest BCUT2D eigenvalue weighted by molar-refractivity contribution is 6.01. The van der Waals surface area contributed by atoms with E-state index in [2.05, 4.69) is 5.32 Å². The zero-order valence-corrected chi connectivity index (χ0v) is 18.0. The molecule has 0 fully saturated rings. The van der Waals surface area contributed by atoms with Gasteiger partial charge < -0.3 is 15.0 Å². The second-order valence-electron chi connectivity index (χ2n) is 8.08. The Morgan fingerprint density at radius 3 is 2.45 bits per heavy atom. The minimum absolute atomic E-state index is 0.152. The van der Waals surface area contributed by atoms with Crippen molar-refractivity contribution in [2.24, 2.45) is 0 Å². The van der Waals surface area contributed by atoms with Gasteiger partial charge in [0.05, 0.1) is 23.9 Å². The second-order valence-corrected chi connectivity index (χ2v) is 8.08. The molecule has 3 aromatic rings. The van der Waals surface area contributed by atoms with E-state index in [9.17, 15) is 14.0 Å². The molecule has 3 amide bonds. The summed E-state index contributed by atoms with van der Waals surface area (Å²) in [5.74, 6) is 0.837. The number of nitrogens with zero attached hydrogens (tertiary/aromatic N) is 2. The molecule has 7 heteroatoms. The van der Waals surface area contributed by atoms with Crippen molar-refractivity contribution in [1.29, 1.82) is 0 Å². The van der Waals surface area contributed by atoms with Crippen LogP contribution in [0.25, 0.3) is 0 Å². The average molecular weight is 443 g/mol. The summed E-state index contributed by atoms with van der Waals surface area (Å²) in [4.78, 5) is 29.2. The molecule has 0 radical (unpaired) electrons. The Morgan fingerprint density at radius 1 is 0.970 bits per heavy atom. The number of amides is 3. The highest BCUT2D eigenvalue weighted by Gasteiger charge is 2.42. The molecule has 166 valence electrons. The maximum Gasteiger partial charge on any atom is 0.322 e. The largest absolute Gasteiger partial charge is 0.457 e. The predicted octanol–water partition coefficient (Wildman–Crippen LogP) is 4.61. The molecule has 33 heavy (non-hydrogen) atoms. The molecule has 2 aliphatic heterocycles. The van der Waals surface area contributed by atoms with Crippen LogP contribution in [0.4, 0.5) is 9.18 Å². The van der Waals surface area contributed by atoms with Crippen LogP contribution in [0.3, 0.4) is 0 Å². The van der Waals surface area contributed by atoms with E-state index in [4.69, 9.17) is 4.74 Å². The van der Waals surface area contributed by atoms with Crippen LogP contribution in [-0.4, -0.2) is 35.3 Å².